The molecule has 0 aromatic heterocycles. The van der Waals surface area contributed by atoms with Gasteiger partial charge in [0.05, 0.1) is 0 Å². The van der Waals surface area contributed by atoms with Gasteiger partial charge in [-0.05, 0) is 45.4 Å². The second kappa shape index (κ2) is 7.52. The fourth-order valence-electron chi connectivity index (χ4n) is 1.60. The highest BCUT2D eigenvalue weighted by Gasteiger charge is 2.23. The topological polar surface area (TPSA) is 58.9 Å². The first-order chi connectivity index (χ1) is 8.28. The van der Waals surface area contributed by atoms with E-state index in [0.717, 1.165) is 12.8 Å². The van der Waals surface area contributed by atoms with E-state index < -0.39 is 5.60 Å². The molecule has 0 spiro atoms. The van der Waals surface area contributed by atoms with Crippen molar-refractivity contribution in [2.45, 2.75) is 59.5 Å². The van der Waals surface area contributed by atoms with Crippen LogP contribution in [-0.2, 0) is 9.53 Å². The van der Waals surface area contributed by atoms with Crippen molar-refractivity contribution < 1.29 is 14.6 Å². The summed E-state index contributed by atoms with van der Waals surface area (Å²) < 4.78 is 5.15. The number of aliphatic hydroxyl groups is 1. The molecule has 0 atom stereocenters. The quantitative estimate of drug-likeness (QED) is 0.563. The van der Waals surface area contributed by atoms with Crippen molar-refractivity contribution in [3.8, 4) is 0 Å². The third-order valence-corrected chi connectivity index (χ3v) is 3.13. The van der Waals surface area contributed by atoms with Gasteiger partial charge in [0.1, 0.15) is 12.1 Å². The zero-order valence-corrected chi connectivity index (χ0v) is 12.3. The number of hydrogen-bond donors (Lipinski definition) is 1. The van der Waals surface area contributed by atoms with Crippen molar-refractivity contribution in [1.82, 2.24) is 0 Å². The predicted molar refractivity (Wildman–Crippen MR) is 73.9 cm³/mol. The van der Waals surface area contributed by atoms with Gasteiger partial charge in [-0.2, -0.15) is 0 Å². The molecule has 106 valence electrons. The number of carbonyl (C=O) groups excluding carboxylic acids is 1. The highest BCUT2D eigenvalue weighted by molar-refractivity contribution is 5.74. The van der Waals surface area contributed by atoms with E-state index in [1.165, 1.54) is 0 Å². The van der Waals surface area contributed by atoms with Gasteiger partial charge in [-0.3, -0.25) is 9.79 Å². The monoisotopic (exact) mass is 257 g/mol. The molecule has 0 saturated carbocycles. The van der Waals surface area contributed by atoms with E-state index in [9.17, 15) is 9.90 Å². The number of rotatable bonds is 7. The van der Waals surface area contributed by atoms with Crippen LogP contribution in [0.25, 0.3) is 0 Å². The smallest absolute Gasteiger partial charge is 0.328 e. The minimum Gasteiger partial charge on any atom is -0.459 e. The molecule has 0 saturated heterocycles. The second-order valence-electron chi connectivity index (χ2n) is 5.68. The van der Waals surface area contributed by atoms with Gasteiger partial charge in [-0.1, -0.05) is 13.8 Å². The third-order valence-electron chi connectivity index (χ3n) is 3.13. The summed E-state index contributed by atoms with van der Waals surface area (Å²) in [6.07, 6.45) is 4.23. The maximum absolute atomic E-state index is 11.4. The fraction of sp³-hybridized carbons (Fsp3) is 0.857. The van der Waals surface area contributed by atoms with Crippen LogP contribution < -0.4 is 0 Å². The van der Waals surface area contributed by atoms with Crippen molar-refractivity contribution >= 4 is 12.2 Å². The van der Waals surface area contributed by atoms with Crippen LogP contribution in [0.3, 0.4) is 0 Å². The Bertz CT molecular complexity index is 267. The standard InChI is InChI=1S/C14H27NO3/c1-6-14(7-2,11-16)8-9-15-10-12(17)18-13(3,4)5/h9,16H,6-8,10-11H2,1-5H3. The third kappa shape index (κ3) is 6.74. The van der Waals surface area contributed by atoms with E-state index in [2.05, 4.69) is 18.8 Å². The SMILES string of the molecule is CCC(CC)(CO)CC=NCC(=O)OC(C)(C)C. The molecule has 0 aromatic rings. The summed E-state index contributed by atoms with van der Waals surface area (Å²) >= 11 is 0. The Balaban J connectivity index is 4.15. The zero-order chi connectivity index (χ0) is 14.2. The first kappa shape index (κ1) is 17.1. The van der Waals surface area contributed by atoms with Crippen molar-refractivity contribution in [2.24, 2.45) is 10.4 Å². The minimum absolute atomic E-state index is 0.0478. The van der Waals surface area contributed by atoms with Crippen molar-refractivity contribution in [3.05, 3.63) is 0 Å². The summed E-state index contributed by atoms with van der Waals surface area (Å²) in [5.74, 6) is -0.318. The molecule has 0 unspecified atom stereocenters. The van der Waals surface area contributed by atoms with Gasteiger partial charge < -0.3 is 9.84 Å². The van der Waals surface area contributed by atoms with E-state index in [1.54, 1.807) is 6.21 Å². The normalized spacial score (nSPS) is 13.0. The lowest BCUT2D eigenvalue weighted by Crippen LogP contribution is -2.26. The molecule has 0 aliphatic rings. The van der Waals surface area contributed by atoms with E-state index in [0.29, 0.717) is 6.42 Å². The van der Waals surface area contributed by atoms with Gasteiger partial charge in [-0.25, -0.2) is 0 Å². The molecule has 0 heterocycles. The van der Waals surface area contributed by atoms with Gasteiger partial charge in [0, 0.05) is 12.8 Å². The van der Waals surface area contributed by atoms with E-state index in [1.807, 2.05) is 20.8 Å². The lowest BCUT2D eigenvalue weighted by Gasteiger charge is -2.27. The number of hydrogen-bond acceptors (Lipinski definition) is 4. The lowest BCUT2D eigenvalue weighted by molar-refractivity contribution is -0.152. The van der Waals surface area contributed by atoms with Crippen LogP contribution >= 0.6 is 0 Å². The minimum atomic E-state index is -0.464. The Morgan fingerprint density at radius 3 is 2.22 bits per heavy atom. The van der Waals surface area contributed by atoms with Crippen molar-refractivity contribution in [1.29, 1.82) is 0 Å². The van der Waals surface area contributed by atoms with Gasteiger partial charge in [0.2, 0.25) is 0 Å². The molecule has 18 heavy (non-hydrogen) atoms. The summed E-state index contributed by atoms with van der Waals surface area (Å²) in [6.45, 7) is 9.81. The van der Waals surface area contributed by atoms with E-state index in [4.69, 9.17) is 4.74 Å². The van der Waals surface area contributed by atoms with Crippen LogP contribution in [0.15, 0.2) is 4.99 Å². The predicted octanol–water partition coefficient (Wildman–Crippen LogP) is 2.59. The number of ether oxygens (including phenoxy) is 1. The molecular weight excluding hydrogens is 230 g/mol. The molecule has 0 rings (SSSR count). The molecule has 4 nitrogen and oxygen atoms in total. The van der Waals surface area contributed by atoms with Crippen molar-refractivity contribution in [2.75, 3.05) is 13.2 Å². The molecule has 1 N–H and O–H groups in total. The molecule has 0 aliphatic heterocycles. The number of esters is 1. The molecule has 0 fully saturated rings. The average Bonchev–Trinajstić information content (AvgIpc) is 2.28. The first-order valence-corrected chi connectivity index (χ1v) is 6.59. The van der Waals surface area contributed by atoms with Crippen LogP contribution in [0.1, 0.15) is 53.9 Å². The van der Waals surface area contributed by atoms with Crippen LogP contribution in [0, 0.1) is 5.41 Å². The van der Waals surface area contributed by atoms with Gasteiger partial charge >= 0.3 is 5.97 Å². The van der Waals surface area contributed by atoms with E-state index >= 15 is 0 Å². The zero-order valence-electron chi connectivity index (χ0n) is 12.3. The number of carbonyl (C=O) groups is 1. The maximum Gasteiger partial charge on any atom is 0.328 e. The fourth-order valence-corrected chi connectivity index (χ4v) is 1.60. The van der Waals surface area contributed by atoms with Crippen molar-refractivity contribution in [3.63, 3.8) is 0 Å². The van der Waals surface area contributed by atoms with Crippen LogP contribution in [0.4, 0.5) is 0 Å². The van der Waals surface area contributed by atoms with Gasteiger partial charge in [-0.15, -0.1) is 0 Å². The summed E-state index contributed by atoms with van der Waals surface area (Å²) in [5, 5.41) is 9.38. The highest BCUT2D eigenvalue weighted by atomic mass is 16.6. The lowest BCUT2D eigenvalue weighted by atomic mass is 9.80. The largest absolute Gasteiger partial charge is 0.459 e. The maximum atomic E-state index is 11.4. The molecule has 0 aromatic carbocycles. The molecule has 0 aliphatic carbocycles. The first-order valence-electron chi connectivity index (χ1n) is 6.59. The molecule has 0 radical (unpaired) electrons. The Morgan fingerprint density at radius 2 is 1.83 bits per heavy atom. The molecule has 0 bridgehead atoms. The highest BCUT2D eigenvalue weighted by Crippen LogP contribution is 2.28. The average molecular weight is 257 g/mol. The molecule has 0 amide bonds. The van der Waals surface area contributed by atoms with Gasteiger partial charge in [0.25, 0.3) is 0 Å². The number of aliphatic imine (C=N–C) groups is 1. The number of nitrogens with zero attached hydrogens (tertiary/aromatic N) is 1. The Kier molecular flexibility index (Phi) is 7.14. The van der Waals surface area contributed by atoms with Crippen LogP contribution in [-0.4, -0.2) is 36.0 Å². The van der Waals surface area contributed by atoms with Gasteiger partial charge in [0.15, 0.2) is 0 Å². The summed E-state index contributed by atoms with van der Waals surface area (Å²) in [4.78, 5) is 15.5. The summed E-state index contributed by atoms with van der Waals surface area (Å²) in [7, 11) is 0. The number of aliphatic hydroxyl groups excluding tert-OH is 1. The molecule has 4 heteroatoms. The Morgan fingerprint density at radius 1 is 1.28 bits per heavy atom. The van der Waals surface area contributed by atoms with E-state index in [-0.39, 0.29) is 24.5 Å². The van der Waals surface area contributed by atoms with Crippen LogP contribution in [0.2, 0.25) is 0 Å². The second-order valence-corrected chi connectivity index (χ2v) is 5.68. The summed E-state index contributed by atoms with van der Waals surface area (Å²) in [5.41, 5.74) is -0.564. The van der Waals surface area contributed by atoms with Crippen LogP contribution in [0.5, 0.6) is 0 Å². The summed E-state index contributed by atoms with van der Waals surface area (Å²) in [6, 6.07) is 0. The molecular formula is C14H27NO3. The Hall–Kier alpha value is -0.900. The Labute approximate surface area is 110 Å².